The van der Waals surface area contributed by atoms with Crippen molar-refractivity contribution in [3.8, 4) is 5.75 Å². The lowest BCUT2D eigenvalue weighted by Crippen LogP contribution is -2.12. The van der Waals surface area contributed by atoms with Gasteiger partial charge in [0.2, 0.25) is 5.75 Å². The Hall–Kier alpha value is -2.45. The molecule has 0 radical (unpaired) electrons. The van der Waals surface area contributed by atoms with Gasteiger partial charge in [0.15, 0.2) is 5.69 Å². The molecular formula is C10H4F4N2O3. The monoisotopic (exact) mass is 276 g/mol. The van der Waals surface area contributed by atoms with E-state index < -0.39 is 45.5 Å². The Morgan fingerprint density at radius 1 is 1.26 bits per heavy atom. The van der Waals surface area contributed by atoms with Crippen LogP contribution in [0.15, 0.2) is 22.1 Å². The zero-order chi connectivity index (χ0) is 14.4. The fourth-order valence-electron chi connectivity index (χ4n) is 1.70. The van der Waals surface area contributed by atoms with Gasteiger partial charge in [0.05, 0.1) is 5.52 Å². The molecule has 19 heavy (non-hydrogen) atoms. The minimum Gasteiger partial charge on any atom is -0.501 e. The number of aromatic nitrogens is 1. The number of H-pyrrole nitrogens is 1. The number of halogens is 4. The molecular weight excluding hydrogens is 272 g/mol. The van der Waals surface area contributed by atoms with Crippen LogP contribution in [-0.2, 0) is 6.18 Å². The number of nitrogens with one attached hydrogen (secondary N) is 1. The molecule has 0 bridgehead atoms. The molecule has 9 heteroatoms. The summed E-state index contributed by atoms with van der Waals surface area (Å²) in [5, 5.41) is 10.5. The summed E-state index contributed by atoms with van der Waals surface area (Å²) in [4.78, 5) is 23.6. The van der Waals surface area contributed by atoms with Gasteiger partial charge in [-0.2, -0.15) is 13.2 Å². The fraction of sp³-hybridized carbons (Fsp3) is 0.100. The van der Waals surface area contributed by atoms with E-state index in [0.717, 1.165) is 6.07 Å². The van der Waals surface area contributed by atoms with Crippen molar-refractivity contribution in [1.29, 1.82) is 0 Å². The second kappa shape index (κ2) is 4.04. The predicted molar refractivity (Wildman–Crippen MR) is 56.6 cm³/mol. The summed E-state index contributed by atoms with van der Waals surface area (Å²) >= 11 is 0. The topological polar surface area (TPSA) is 82.5 Å². The van der Waals surface area contributed by atoms with Crippen LogP contribution in [0.25, 0.3) is 10.9 Å². The number of alkyl halides is 3. The summed E-state index contributed by atoms with van der Waals surface area (Å²) in [6.45, 7) is 0. The quantitative estimate of drug-likeness (QED) is 0.620. The summed E-state index contributed by atoms with van der Waals surface area (Å²) in [5.74, 6) is -2.94. The zero-order valence-corrected chi connectivity index (χ0v) is 8.88. The van der Waals surface area contributed by atoms with Gasteiger partial charge >= 0.3 is 6.18 Å². The molecule has 2 aromatic rings. The molecule has 0 saturated heterocycles. The lowest BCUT2D eigenvalue weighted by atomic mass is 10.1. The van der Waals surface area contributed by atoms with Crippen LogP contribution in [0.4, 0.5) is 23.2 Å². The number of nitroso groups, excluding NO2 is 1. The molecule has 0 aliphatic heterocycles. The van der Waals surface area contributed by atoms with Crippen LogP contribution in [-0.4, -0.2) is 10.1 Å². The normalized spacial score (nSPS) is 11.8. The predicted octanol–water partition coefficient (Wildman–Crippen LogP) is 2.79. The molecule has 0 atom stereocenters. The lowest BCUT2D eigenvalue weighted by Gasteiger charge is -2.12. The number of pyridine rings is 1. The molecule has 0 fully saturated rings. The molecule has 0 aliphatic rings. The second-order valence-corrected chi connectivity index (χ2v) is 3.59. The Morgan fingerprint density at radius 3 is 2.42 bits per heavy atom. The molecule has 1 aromatic carbocycles. The van der Waals surface area contributed by atoms with Crippen LogP contribution in [0.1, 0.15) is 5.56 Å². The third-order valence-corrected chi connectivity index (χ3v) is 2.45. The zero-order valence-electron chi connectivity index (χ0n) is 8.88. The van der Waals surface area contributed by atoms with Crippen LogP contribution in [0.3, 0.4) is 0 Å². The maximum Gasteiger partial charge on any atom is 0.419 e. The Kier molecular flexibility index (Phi) is 2.76. The van der Waals surface area contributed by atoms with Crippen molar-refractivity contribution in [2.45, 2.75) is 6.18 Å². The minimum atomic E-state index is -5.12. The number of aromatic amines is 1. The Bertz CT molecular complexity index is 736. The van der Waals surface area contributed by atoms with Crippen LogP contribution in [0.5, 0.6) is 5.75 Å². The van der Waals surface area contributed by atoms with Crippen molar-refractivity contribution in [3.63, 3.8) is 0 Å². The highest BCUT2D eigenvalue weighted by Gasteiger charge is 2.38. The van der Waals surface area contributed by atoms with E-state index in [4.69, 9.17) is 0 Å². The van der Waals surface area contributed by atoms with E-state index in [9.17, 15) is 32.4 Å². The molecule has 100 valence electrons. The van der Waals surface area contributed by atoms with Gasteiger partial charge in [-0.05, 0) is 17.3 Å². The van der Waals surface area contributed by atoms with Gasteiger partial charge in [-0.25, -0.2) is 4.39 Å². The number of aromatic hydroxyl groups is 1. The second-order valence-electron chi connectivity index (χ2n) is 3.59. The summed E-state index contributed by atoms with van der Waals surface area (Å²) in [7, 11) is 0. The molecule has 5 nitrogen and oxygen atoms in total. The Morgan fingerprint density at radius 2 is 1.89 bits per heavy atom. The van der Waals surface area contributed by atoms with Crippen LogP contribution in [0, 0.1) is 10.7 Å². The van der Waals surface area contributed by atoms with Gasteiger partial charge in [0, 0.05) is 5.39 Å². The molecule has 0 amide bonds. The van der Waals surface area contributed by atoms with Gasteiger partial charge in [-0.15, -0.1) is 4.91 Å². The summed E-state index contributed by atoms with van der Waals surface area (Å²) < 4.78 is 51.6. The first-order valence-corrected chi connectivity index (χ1v) is 4.75. The molecule has 1 heterocycles. The highest BCUT2D eigenvalue weighted by molar-refractivity contribution is 5.95. The first-order valence-electron chi connectivity index (χ1n) is 4.75. The number of hydrogen-bond acceptors (Lipinski definition) is 4. The third kappa shape index (κ3) is 1.92. The molecule has 0 aliphatic carbocycles. The van der Waals surface area contributed by atoms with E-state index in [0.29, 0.717) is 6.07 Å². The van der Waals surface area contributed by atoms with E-state index in [1.165, 1.54) is 0 Å². The number of fused-ring (bicyclic) bond motifs is 1. The average Bonchev–Trinajstić information content (AvgIpc) is 2.30. The van der Waals surface area contributed by atoms with Gasteiger partial charge in [-0.1, -0.05) is 0 Å². The van der Waals surface area contributed by atoms with Crippen LogP contribution >= 0.6 is 0 Å². The lowest BCUT2D eigenvalue weighted by molar-refractivity contribution is -0.138. The summed E-state index contributed by atoms with van der Waals surface area (Å²) in [6.07, 6.45) is -5.12. The molecule has 0 unspecified atom stereocenters. The van der Waals surface area contributed by atoms with Gasteiger partial charge < -0.3 is 10.1 Å². The molecule has 0 saturated carbocycles. The molecule has 0 spiro atoms. The molecule has 1 aromatic heterocycles. The number of rotatable bonds is 1. The van der Waals surface area contributed by atoms with Crippen LogP contribution < -0.4 is 5.56 Å². The number of nitrogens with zero attached hydrogens (tertiary/aromatic N) is 1. The van der Waals surface area contributed by atoms with Crippen molar-refractivity contribution in [3.05, 3.63) is 38.8 Å². The Labute approximate surface area is 101 Å². The standard InChI is InChI=1S/C10H4F4N2O3/c11-3-1-2-4-5(6(3)10(12,13)14)7(16-19)8(17)9(18)15-4/h1-2,17H,(H,15,18). The van der Waals surface area contributed by atoms with E-state index in [1.54, 1.807) is 0 Å². The highest BCUT2D eigenvalue weighted by Crippen LogP contribution is 2.42. The maximum atomic E-state index is 13.3. The van der Waals surface area contributed by atoms with Crippen molar-refractivity contribution < 1.29 is 22.7 Å². The number of hydrogen-bond donors (Lipinski definition) is 2. The van der Waals surface area contributed by atoms with Crippen molar-refractivity contribution in [1.82, 2.24) is 4.98 Å². The van der Waals surface area contributed by atoms with E-state index in [-0.39, 0.29) is 0 Å². The summed E-state index contributed by atoms with van der Waals surface area (Å²) in [5.41, 5.74) is -4.57. The van der Waals surface area contributed by atoms with Crippen LogP contribution in [0.2, 0.25) is 0 Å². The third-order valence-electron chi connectivity index (χ3n) is 2.45. The Balaban J connectivity index is 3.12. The fourth-order valence-corrected chi connectivity index (χ4v) is 1.70. The molecule has 2 N–H and O–H groups in total. The maximum absolute atomic E-state index is 13.3. The van der Waals surface area contributed by atoms with Crippen molar-refractivity contribution in [2.75, 3.05) is 0 Å². The first-order chi connectivity index (χ1) is 8.77. The largest absolute Gasteiger partial charge is 0.501 e. The summed E-state index contributed by atoms with van der Waals surface area (Å²) in [6, 6.07) is 1.34. The first kappa shape index (κ1) is 13.0. The smallest absolute Gasteiger partial charge is 0.419 e. The number of benzene rings is 1. The van der Waals surface area contributed by atoms with Gasteiger partial charge in [0.25, 0.3) is 5.56 Å². The van der Waals surface area contributed by atoms with E-state index in [2.05, 4.69) is 5.18 Å². The average molecular weight is 276 g/mol. The van der Waals surface area contributed by atoms with Gasteiger partial charge in [-0.3, -0.25) is 4.79 Å². The van der Waals surface area contributed by atoms with Crippen molar-refractivity contribution >= 4 is 16.6 Å². The minimum absolute atomic E-state index is 0.453. The molecule has 2 rings (SSSR count). The highest BCUT2D eigenvalue weighted by atomic mass is 19.4. The van der Waals surface area contributed by atoms with Gasteiger partial charge in [0.1, 0.15) is 11.4 Å². The van der Waals surface area contributed by atoms with E-state index in [1.807, 2.05) is 4.98 Å². The SMILES string of the molecule is O=Nc1c(O)c(=O)[nH]c2ccc(F)c(C(F)(F)F)c12. The van der Waals surface area contributed by atoms with E-state index >= 15 is 0 Å². The van der Waals surface area contributed by atoms with Crippen molar-refractivity contribution in [2.24, 2.45) is 5.18 Å².